The Morgan fingerprint density at radius 1 is 1.17 bits per heavy atom. The van der Waals surface area contributed by atoms with Gasteiger partial charge in [-0.25, -0.2) is 0 Å². The first-order valence-corrected chi connectivity index (χ1v) is 6.59. The maximum absolute atomic E-state index is 11.7. The normalized spacial score (nSPS) is 26.8. The predicted molar refractivity (Wildman–Crippen MR) is 69.3 cm³/mol. The number of para-hydroxylation sites is 1. The number of piperidine rings is 2. The number of anilines is 1. The molecule has 2 atom stereocenters. The molecule has 0 aliphatic carbocycles. The summed E-state index contributed by atoms with van der Waals surface area (Å²) in [5.74, 6) is 0.385. The van der Waals surface area contributed by atoms with Crippen LogP contribution < -0.4 is 4.90 Å². The summed E-state index contributed by atoms with van der Waals surface area (Å²) in [7, 11) is 0. The minimum absolute atomic E-state index is 0.305. The summed E-state index contributed by atoms with van der Waals surface area (Å²) in [5, 5.41) is 9.22. The number of Topliss-reactive ketones (excluding diaryl/α,β-unsaturated/α-hetero) is 1. The fourth-order valence-electron chi connectivity index (χ4n) is 3.36. The van der Waals surface area contributed by atoms with Gasteiger partial charge in [-0.1, -0.05) is 12.1 Å². The van der Waals surface area contributed by atoms with Gasteiger partial charge in [0.1, 0.15) is 11.9 Å². The van der Waals surface area contributed by atoms with E-state index in [-0.39, 0.29) is 0 Å². The topological polar surface area (TPSA) is 44.1 Å². The van der Waals surface area contributed by atoms with Crippen molar-refractivity contribution in [1.29, 1.82) is 5.26 Å². The largest absolute Gasteiger partial charge is 0.364 e. The first kappa shape index (κ1) is 11.3. The highest BCUT2D eigenvalue weighted by atomic mass is 16.1. The first-order valence-electron chi connectivity index (χ1n) is 6.59. The molecular weight excluding hydrogens is 224 g/mol. The van der Waals surface area contributed by atoms with E-state index in [0.717, 1.165) is 24.1 Å². The van der Waals surface area contributed by atoms with Crippen molar-refractivity contribution in [2.45, 2.75) is 44.2 Å². The average molecular weight is 240 g/mol. The van der Waals surface area contributed by atoms with Gasteiger partial charge < -0.3 is 4.90 Å². The number of nitriles is 1. The SMILES string of the molecule is N#Cc1ccccc1N1C2CCCC1CC(=O)C2. The van der Waals surface area contributed by atoms with Crippen molar-refractivity contribution in [3.05, 3.63) is 29.8 Å². The number of hydrogen-bond donors (Lipinski definition) is 0. The lowest BCUT2D eigenvalue weighted by Crippen LogP contribution is -2.52. The number of hydrogen-bond acceptors (Lipinski definition) is 3. The third kappa shape index (κ3) is 1.78. The van der Waals surface area contributed by atoms with Gasteiger partial charge >= 0.3 is 0 Å². The quantitative estimate of drug-likeness (QED) is 0.758. The van der Waals surface area contributed by atoms with Crippen LogP contribution in [0.1, 0.15) is 37.7 Å². The first-order chi connectivity index (χ1) is 8.79. The molecule has 2 saturated heterocycles. The van der Waals surface area contributed by atoms with E-state index in [2.05, 4.69) is 11.0 Å². The Labute approximate surface area is 107 Å². The molecule has 2 aliphatic heterocycles. The molecule has 0 spiro atoms. The Morgan fingerprint density at radius 2 is 1.83 bits per heavy atom. The van der Waals surface area contributed by atoms with Crippen molar-refractivity contribution in [1.82, 2.24) is 0 Å². The Hall–Kier alpha value is -1.82. The molecule has 2 unspecified atom stereocenters. The smallest absolute Gasteiger partial charge is 0.137 e. The molecule has 2 fully saturated rings. The minimum Gasteiger partial charge on any atom is -0.364 e. The second-order valence-electron chi connectivity index (χ2n) is 5.22. The van der Waals surface area contributed by atoms with Gasteiger partial charge in [0.2, 0.25) is 0 Å². The third-order valence-electron chi connectivity index (χ3n) is 4.09. The zero-order valence-corrected chi connectivity index (χ0v) is 10.3. The van der Waals surface area contributed by atoms with Crippen LogP contribution in [0.15, 0.2) is 24.3 Å². The van der Waals surface area contributed by atoms with E-state index in [1.165, 1.54) is 6.42 Å². The van der Waals surface area contributed by atoms with Crippen LogP contribution in [-0.2, 0) is 4.79 Å². The number of ketones is 1. The van der Waals surface area contributed by atoms with Crippen molar-refractivity contribution < 1.29 is 4.79 Å². The van der Waals surface area contributed by atoms with Crippen LogP contribution in [0, 0.1) is 11.3 Å². The zero-order chi connectivity index (χ0) is 12.5. The summed E-state index contributed by atoms with van der Waals surface area (Å²) < 4.78 is 0. The Balaban J connectivity index is 2.01. The lowest BCUT2D eigenvalue weighted by molar-refractivity contribution is -0.121. The minimum atomic E-state index is 0.305. The molecule has 18 heavy (non-hydrogen) atoms. The highest BCUT2D eigenvalue weighted by Gasteiger charge is 2.38. The molecule has 0 N–H and O–H groups in total. The standard InChI is InChI=1S/C15H16N2O/c16-10-11-4-1-2-7-15(11)17-12-5-3-6-13(17)9-14(18)8-12/h1-2,4,7,12-13H,3,5-6,8-9H2. The van der Waals surface area contributed by atoms with Gasteiger partial charge in [0.15, 0.2) is 0 Å². The number of carbonyl (C=O) groups excluding carboxylic acids is 1. The molecule has 2 bridgehead atoms. The van der Waals surface area contributed by atoms with Crippen LogP contribution in [0.3, 0.4) is 0 Å². The fourth-order valence-corrected chi connectivity index (χ4v) is 3.36. The van der Waals surface area contributed by atoms with Crippen molar-refractivity contribution in [3.63, 3.8) is 0 Å². The van der Waals surface area contributed by atoms with Gasteiger partial charge in [-0.3, -0.25) is 4.79 Å². The second kappa shape index (κ2) is 4.45. The number of benzene rings is 1. The molecular formula is C15H16N2O. The number of rotatable bonds is 1. The summed E-state index contributed by atoms with van der Waals surface area (Å²) in [6.07, 6.45) is 4.64. The zero-order valence-electron chi connectivity index (χ0n) is 10.3. The summed E-state index contributed by atoms with van der Waals surface area (Å²) in [6.45, 7) is 0. The van der Waals surface area contributed by atoms with Crippen molar-refractivity contribution in [2.24, 2.45) is 0 Å². The van der Waals surface area contributed by atoms with Crippen molar-refractivity contribution in [3.8, 4) is 6.07 Å². The van der Waals surface area contributed by atoms with Gasteiger partial charge in [-0.05, 0) is 31.4 Å². The third-order valence-corrected chi connectivity index (χ3v) is 4.09. The van der Waals surface area contributed by atoms with Crippen LogP contribution in [0.2, 0.25) is 0 Å². The molecule has 3 rings (SSSR count). The number of carbonyl (C=O) groups is 1. The summed E-state index contributed by atoms with van der Waals surface area (Å²) >= 11 is 0. The molecule has 0 aromatic heterocycles. The summed E-state index contributed by atoms with van der Waals surface area (Å²) in [4.78, 5) is 14.1. The fraction of sp³-hybridized carbons (Fsp3) is 0.467. The predicted octanol–water partition coefficient (Wildman–Crippen LogP) is 2.65. The van der Waals surface area contributed by atoms with Crippen LogP contribution in [-0.4, -0.2) is 17.9 Å². The molecule has 2 aliphatic rings. The van der Waals surface area contributed by atoms with Crippen molar-refractivity contribution in [2.75, 3.05) is 4.90 Å². The van der Waals surface area contributed by atoms with Gasteiger partial charge in [0.05, 0.1) is 11.3 Å². The Morgan fingerprint density at radius 3 is 2.50 bits per heavy atom. The summed E-state index contributed by atoms with van der Waals surface area (Å²) in [6, 6.07) is 10.6. The molecule has 1 aromatic carbocycles. The van der Waals surface area contributed by atoms with Gasteiger partial charge in [-0.2, -0.15) is 5.26 Å². The van der Waals surface area contributed by atoms with E-state index in [9.17, 15) is 10.1 Å². The van der Waals surface area contributed by atoms with E-state index in [4.69, 9.17) is 0 Å². The van der Waals surface area contributed by atoms with Gasteiger partial charge in [0.25, 0.3) is 0 Å². The molecule has 92 valence electrons. The lowest BCUT2D eigenvalue weighted by atomic mass is 9.83. The van der Waals surface area contributed by atoms with E-state index >= 15 is 0 Å². The van der Waals surface area contributed by atoms with Crippen LogP contribution >= 0.6 is 0 Å². The van der Waals surface area contributed by atoms with E-state index in [0.29, 0.717) is 30.7 Å². The van der Waals surface area contributed by atoms with Crippen LogP contribution in [0.4, 0.5) is 5.69 Å². The highest BCUT2D eigenvalue weighted by molar-refractivity contribution is 5.83. The summed E-state index contributed by atoms with van der Waals surface area (Å²) in [5.41, 5.74) is 1.74. The van der Waals surface area contributed by atoms with E-state index in [1.807, 2.05) is 24.3 Å². The molecule has 3 nitrogen and oxygen atoms in total. The van der Waals surface area contributed by atoms with Gasteiger partial charge in [0, 0.05) is 24.9 Å². The highest BCUT2D eigenvalue weighted by Crippen LogP contribution is 2.37. The lowest BCUT2D eigenvalue weighted by Gasteiger charge is -2.47. The van der Waals surface area contributed by atoms with Crippen LogP contribution in [0.5, 0.6) is 0 Å². The molecule has 2 heterocycles. The average Bonchev–Trinajstić information content (AvgIpc) is 2.37. The molecule has 3 heteroatoms. The molecule has 0 radical (unpaired) electrons. The Kier molecular flexibility index (Phi) is 2.79. The van der Waals surface area contributed by atoms with E-state index in [1.54, 1.807) is 0 Å². The number of nitrogens with zero attached hydrogens (tertiary/aromatic N) is 2. The Bertz CT molecular complexity index is 501. The van der Waals surface area contributed by atoms with Gasteiger partial charge in [-0.15, -0.1) is 0 Å². The maximum Gasteiger partial charge on any atom is 0.137 e. The van der Waals surface area contributed by atoms with E-state index < -0.39 is 0 Å². The molecule has 1 aromatic rings. The maximum atomic E-state index is 11.7. The van der Waals surface area contributed by atoms with Crippen LogP contribution in [0.25, 0.3) is 0 Å². The molecule has 0 saturated carbocycles. The van der Waals surface area contributed by atoms with Crippen molar-refractivity contribution >= 4 is 11.5 Å². The number of fused-ring (bicyclic) bond motifs is 2. The monoisotopic (exact) mass is 240 g/mol. The molecule has 0 amide bonds. The second-order valence-corrected chi connectivity index (χ2v) is 5.22.